The number of anilines is 2. The van der Waals surface area contributed by atoms with Crippen molar-refractivity contribution in [3.8, 4) is 11.1 Å². The standard InChI is InChI=1S/C18H19N5O/c1-23(2)18-20-17(21-22-18)19-16(24)12-13-8-10-15(11-9-13)14-6-4-3-5-7-14/h3-11H,12H2,1-2H3,(H2,19,20,21,22,24). The largest absolute Gasteiger partial charge is 0.346 e. The van der Waals surface area contributed by atoms with Gasteiger partial charge in [0.25, 0.3) is 0 Å². The highest BCUT2D eigenvalue weighted by Crippen LogP contribution is 2.19. The minimum absolute atomic E-state index is 0.135. The molecule has 0 aliphatic heterocycles. The third-order valence-electron chi connectivity index (χ3n) is 3.56. The molecule has 6 nitrogen and oxygen atoms in total. The smallest absolute Gasteiger partial charge is 0.245 e. The lowest BCUT2D eigenvalue weighted by atomic mass is 10.0. The van der Waals surface area contributed by atoms with Gasteiger partial charge < -0.3 is 4.90 Å². The van der Waals surface area contributed by atoms with E-state index < -0.39 is 0 Å². The molecule has 2 N–H and O–H groups in total. The summed E-state index contributed by atoms with van der Waals surface area (Å²) in [5, 5.41) is 9.41. The van der Waals surface area contributed by atoms with Gasteiger partial charge in [-0.25, -0.2) is 5.10 Å². The van der Waals surface area contributed by atoms with Crippen LogP contribution in [0.2, 0.25) is 0 Å². The molecule has 3 rings (SSSR count). The molecule has 122 valence electrons. The number of nitrogens with zero attached hydrogens (tertiary/aromatic N) is 3. The van der Waals surface area contributed by atoms with Crippen LogP contribution in [0.4, 0.5) is 11.9 Å². The van der Waals surface area contributed by atoms with Gasteiger partial charge in [-0.3, -0.25) is 10.1 Å². The van der Waals surface area contributed by atoms with Crippen LogP contribution in [0.5, 0.6) is 0 Å². The van der Waals surface area contributed by atoms with E-state index in [-0.39, 0.29) is 12.3 Å². The van der Waals surface area contributed by atoms with Gasteiger partial charge in [0.05, 0.1) is 6.42 Å². The third-order valence-corrected chi connectivity index (χ3v) is 3.56. The average molecular weight is 321 g/mol. The summed E-state index contributed by atoms with van der Waals surface area (Å²) in [7, 11) is 3.67. The van der Waals surface area contributed by atoms with E-state index in [4.69, 9.17) is 0 Å². The van der Waals surface area contributed by atoms with E-state index in [1.165, 1.54) is 0 Å². The summed E-state index contributed by atoms with van der Waals surface area (Å²) in [6, 6.07) is 18.1. The first-order chi connectivity index (χ1) is 11.6. The summed E-state index contributed by atoms with van der Waals surface area (Å²) in [6.07, 6.45) is 0.285. The van der Waals surface area contributed by atoms with Crippen molar-refractivity contribution in [1.29, 1.82) is 0 Å². The number of amides is 1. The highest BCUT2D eigenvalue weighted by atomic mass is 16.1. The molecule has 0 fully saturated rings. The molecule has 0 radical (unpaired) electrons. The molecule has 6 heteroatoms. The zero-order valence-electron chi connectivity index (χ0n) is 13.7. The van der Waals surface area contributed by atoms with Crippen molar-refractivity contribution in [1.82, 2.24) is 15.2 Å². The van der Waals surface area contributed by atoms with E-state index in [0.717, 1.165) is 16.7 Å². The number of carbonyl (C=O) groups is 1. The molecule has 24 heavy (non-hydrogen) atoms. The highest BCUT2D eigenvalue weighted by molar-refractivity contribution is 5.90. The number of hydrogen-bond donors (Lipinski definition) is 2. The van der Waals surface area contributed by atoms with Crippen molar-refractivity contribution in [2.75, 3.05) is 24.3 Å². The number of aromatic amines is 1. The number of benzene rings is 2. The summed E-state index contributed by atoms with van der Waals surface area (Å²) < 4.78 is 0. The minimum Gasteiger partial charge on any atom is -0.346 e. The number of H-pyrrole nitrogens is 1. The Morgan fingerprint density at radius 2 is 1.71 bits per heavy atom. The third kappa shape index (κ3) is 3.78. The molecule has 1 amide bonds. The van der Waals surface area contributed by atoms with Crippen LogP contribution in [0.15, 0.2) is 54.6 Å². The molecule has 0 saturated carbocycles. The van der Waals surface area contributed by atoms with Gasteiger partial charge in [-0.2, -0.15) is 4.98 Å². The summed E-state index contributed by atoms with van der Waals surface area (Å²) >= 11 is 0. The summed E-state index contributed by atoms with van der Waals surface area (Å²) in [6.45, 7) is 0. The molecule has 0 spiro atoms. The molecule has 3 aromatic rings. The van der Waals surface area contributed by atoms with Crippen LogP contribution in [0.1, 0.15) is 5.56 Å². The number of nitrogens with one attached hydrogen (secondary N) is 2. The van der Waals surface area contributed by atoms with Gasteiger partial charge in [0, 0.05) is 14.1 Å². The molecule has 0 saturated heterocycles. The Morgan fingerprint density at radius 3 is 2.33 bits per heavy atom. The van der Waals surface area contributed by atoms with Gasteiger partial charge in [0.15, 0.2) is 0 Å². The number of carbonyl (C=O) groups excluding carboxylic acids is 1. The predicted molar refractivity (Wildman–Crippen MR) is 94.9 cm³/mol. The van der Waals surface area contributed by atoms with Crippen LogP contribution in [0.3, 0.4) is 0 Å². The van der Waals surface area contributed by atoms with Crippen LogP contribution >= 0.6 is 0 Å². The molecule has 2 aromatic carbocycles. The second-order valence-corrected chi connectivity index (χ2v) is 5.67. The maximum Gasteiger partial charge on any atom is 0.245 e. The van der Waals surface area contributed by atoms with E-state index in [1.807, 2.05) is 56.6 Å². The molecule has 1 heterocycles. The Kier molecular flexibility index (Phi) is 4.56. The molecule has 1 aromatic heterocycles. The molecular weight excluding hydrogens is 302 g/mol. The minimum atomic E-state index is -0.135. The first-order valence-corrected chi connectivity index (χ1v) is 7.66. The first kappa shape index (κ1) is 15.7. The van der Waals surface area contributed by atoms with Crippen molar-refractivity contribution in [2.24, 2.45) is 0 Å². The fourth-order valence-electron chi connectivity index (χ4n) is 2.32. The second kappa shape index (κ2) is 6.95. The Bertz CT molecular complexity index is 809. The Hall–Kier alpha value is -3.15. The van der Waals surface area contributed by atoms with Crippen molar-refractivity contribution in [2.45, 2.75) is 6.42 Å². The monoisotopic (exact) mass is 321 g/mol. The van der Waals surface area contributed by atoms with Gasteiger partial charge in [-0.05, 0) is 16.7 Å². The molecule has 0 atom stereocenters. The topological polar surface area (TPSA) is 73.9 Å². The summed E-state index contributed by atoms with van der Waals surface area (Å²) in [5.41, 5.74) is 3.23. The fraction of sp³-hybridized carbons (Fsp3) is 0.167. The lowest BCUT2D eigenvalue weighted by molar-refractivity contribution is -0.115. The van der Waals surface area contributed by atoms with Gasteiger partial charge >= 0.3 is 0 Å². The van der Waals surface area contributed by atoms with Crippen LogP contribution in [0.25, 0.3) is 11.1 Å². The highest BCUT2D eigenvalue weighted by Gasteiger charge is 2.09. The molecule has 0 bridgehead atoms. The Balaban J connectivity index is 1.62. The quantitative estimate of drug-likeness (QED) is 0.758. The maximum absolute atomic E-state index is 12.1. The van der Waals surface area contributed by atoms with Gasteiger partial charge in [-0.1, -0.05) is 54.6 Å². The molecule has 0 aliphatic rings. The SMILES string of the molecule is CN(C)c1n[nH]c(NC(=O)Cc2ccc(-c3ccccc3)cc2)n1. The van der Waals surface area contributed by atoms with Gasteiger partial charge in [0.2, 0.25) is 17.8 Å². The van der Waals surface area contributed by atoms with Crippen molar-refractivity contribution >= 4 is 17.8 Å². The normalized spacial score (nSPS) is 10.4. The second-order valence-electron chi connectivity index (χ2n) is 5.67. The predicted octanol–water partition coefficient (Wildman–Crippen LogP) is 2.72. The maximum atomic E-state index is 12.1. The van der Waals surface area contributed by atoms with Crippen molar-refractivity contribution in [3.05, 3.63) is 60.2 Å². The average Bonchev–Trinajstić information content (AvgIpc) is 3.05. The number of hydrogen-bond acceptors (Lipinski definition) is 4. The van der Waals surface area contributed by atoms with E-state index in [9.17, 15) is 4.79 Å². The summed E-state index contributed by atoms with van der Waals surface area (Å²) in [5.74, 6) is 0.742. The number of rotatable bonds is 5. The van der Waals surface area contributed by atoms with Crippen LogP contribution < -0.4 is 10.2 Å². The lowest BCUT2D eigenvalue weighted by Gasteiger charge is -2.05. The Morgan fingerprint density at radius 1 is 1.04 bits per heavy atom. The Labute approximate surface area is 140 Å². The fourth-order valence-corrected chi connectivity index (χ4v) is 2.32. The summed E-state index contributed by atoms with van der Waals surface area (Å²) in [4.78, 5) is 18.0. The van der Waals surface area contributed by atoms with Crippen LogP contribution in [0, 0.1) is 0 Å². The first-order valence-electron chi connectivity index (χ1n) is 7.66. The molecular formula is C18H19N5O. The molecule has 0 aliphatic carbocycles. The molecule has 0 unspecified atom stereocenters. The van der Waals surface area contributed by atoms with E-state index in [0.29, 0.717) is 11.9 Å². The zero-order valence-corrected chi connectivity index (χ0v) is 13.7. The number of aromatic nitrogens is 3. The van der Waals surface area contributed by atoms with Crippen LogP contribution in [-0.4, -0.2) is 35.2 Å². The zero-order chi connectivity index (χ0) is 16.9. The van der Waals surface area contributed by atoms with E-state index >= 15 is 0 Å². The van der Waals surface area contributed by atoms with Crippen molar-refractivity contribution < 1.29 is 4.79 Å². The van der Waals surface area contributed by atoms with Gasteiger partial charge in [0.1, 0.15) is 0 Å². The van der Waals surface area contributed by atoms with Crippen molar-refractivity contribution in [3.63, 3.8) is 0 Å². The van der Waals surface area contributed by atoms with E-state index in [2.05, 4.69) is 32.6 Å². The van der Waals surface area contributed by atoms with E-state index in [1.54, 1.807) is 4.90 Å². The lowest BCUT2D eigenvalue weighted by Crippen LogP contribution is -2.15. The van der Waals surface area contributed by atoms with Crippen LogP contribution in [-0.2, 0) is 11.2 Å². The van der Waals surface area contributed by atoms with Gasteiger partial charge in [-0.15, -0.1) is 5.10 Å².